The van der Waals surface area contributed by atoms with Gasteiger partial charge in [0.05, 0.1) is 13.7 Å². The van der Waals surface area contributed by atoms with Crippen molar-refractivity contribution in [3.63, 3.8) is 0 Å². The number of Topliss-reactive ketones (excluding diaryl/α,β-unsaturated/α-hetero) is 4. The summed E-state index contributed by atoms with van der Waals surface area (Å²) in [6.07, 6.45) is 3.41. The largest absolute Gasteiger partial charge is 0.496 e. The first kappa shape index (κ1) is 46.1. The third kappa shape index (κ3) is 10.1. The smallest absolute Gasteiger partial charge is 0.317 e. The molecule has 2 aliphatic heterocycles. The van der Waals surface area contributed by atoms with Crippen LogP contribution in [-0.4, -0.2) is 104 Å². The molecular formula is C50H61N3O9. The van der Waals surface area contributed by atoms with Gasteiger partial charge in [-0.05, 0) is 113 Å². The van der Waals surface area contributed by atoms with Crippen LogP contribution in [0.1, 0.15) is 131 Å². The zero-order chi connectivity index (χ0) is 45.0. The first-order chi connectivity index (χ1) is 29.4. The zero-order valence-electron chi connectivity index (χ0n) is 37.6. The molecule has 0 aromatic heterocycles. The lowest BCUT2D eigenvalue weighted by Crippen LogP contribution is -2.53. The quantitative estimate of drug-likeness (QED) is 0.229. The van der Waals surface area contributed by atoms with Gasteiger partial charge in [-0.3, -0.25) is 24.0 Å². The summed E-state index contributed by atoms with van der Waals surface area (Å²) in [7, 11) is 3.00. The number of piperidine rings is 2. The van der Waals surface area contributed by atoms with Crippen molar-refractivity contribution in [2.45, 2.75) is 117 Å². The molecule has 2 spiro atoms. The predicted molar refractivity (Wildman–Crippen MR) is 234 cm³/mol. The van der Waals surface area contributed by atoms with Crippen molar-refractivity contribution in [2.24, 2.45) is 10.8 Å². The molecule has 2 heterocycles. The van der Waals surface area contributed by atoms with E-state index >= 15 is 0 Å². The highest BCUT2D eigenvalue weighted by Crippen LogP contribution is 2.49. The van der Waals surface area contributed by atoms with E-state index in [1.165, 1.54) is 14.2 Å². The fourth-order valence-corrected chi connectivity index (χ4v) is 10.1. The van der Waals surface area contributed by atoms with Gasteiger partial charge in [-0.25, -0.2) is 4.79 Å². The summed E-state index contributed by atoms with van der Waals surface area (Å²) in [6.45, 7) is 13.1. The second-order valence-electron chi connectivity index (χ2n) is 18.7. The fourth-order valence-electron chi connectivity index (χ4n) is 10.1. The minimum absolute atomic E-state index is 0.00144. The first-order valence-electron chi connectivity index (χ1n) is 21.7. The van der Waals surface area contributed by atoms with E-state index in [4.69, 9.17) is 14.2 Å². The summed E-state index contributed by atoms with van der Waals surface area (Å²) in [6, 6.07) is 7.14. The van der Waals surface area contributed by atoms with Gasteiger partial charge in [0.2, 0.25) is 5.91 Å². The number of carbonyl (C=O) groups excluding carboxylic acids is 6. The number of likely N-dealkylation sites (tertiary alicyclic amines) is 2. The van der Waals surface area contributed by atoms with Gasteiger partial charge >= 0.3 is 6.03 Å². The van der Waals surface area contributed by atoms with Gasteiger partial charge in [0.15, 0.2) is 0 Å². The lowest BCUT2D eigenvalue weighted by atomic mass is 9.63. The summed E-state index contributed by atoms with van der Waals surface area (Å²) in [5.74, 6) is 10.0. The summed E-state index contributed by atoms with van der Waals surface area (Å²) in [4.78, 5) is 85.7. The lowest BCUT2D eigenvalue weighted by Gasteiger charge is -2.45. The number of methoxy groups -OCH3 is 2. The highest BCUT2D eigenvalue weighted by molar-refractivity contribution is 6.12. The van der Waals surface area contributed by atoms with Crippen LogP contribution in [0.5, 0.6) is 11.5 Å². The molecule has 4 aliphatic rings. The van der Waals surface area contributed by atoms with E-state index in [0.29, 0.717) is 91.2 Å². The average Bonchev–Trinajstić information content (AvgIpc) is 3.19. The SMILES string of the molecule is CC#Cc1cc(C)c(C2C(=O)CC3(CCN(C(=O)COC)CC3)CC2=O)c(OCCc2cc(C#CC)cc(OC)c2C2C(=O)CC3(CCN(C(=O)NC(C)(C)C)CC3)CC2=O)c1. The number of ketones is 4. The Morgan fingerprint density at radius 3 is 1.69 bits per heavy atom. The van der Waals surface area contributed by atoms with E-state index in [2.05, 4.69) is 29.0 Å². The summed E-state index contributed by atoms with van der Waals surface area (Å²) in [5.41, 5.74) is 2.39. The molecule has 2 aromatic rings. The summed E-state index contributed by atoms with van der Waals surface area (Å²) >= 11 is 0. The van der Waals surface area contributed by atoms with Crippen molar-refractivity contribution in [1.29, 1.82) is 0 Å². The van der Waals surface area contributed by atoms with Gasteiger partial charge in [0.1, 0.15) is 53.1 Å². The van der Waals surface area contributed by atoms with Gasteiger partial charge < -0.3 is 29.3 Å². The van der Waals surface area contributed by atoms with Crippen LogP contribution in [0.2, 0.25) is 0 Å². The molecule has 330 valence electrons. The van der Waals surface area contributed by atoms with Crippen LogP contribution >= 0.6 is 0 Å². The highest BCUT2D eigenvalue weighted by atomic mass is 16.5. The van der Waals surface area contributed by atoms with Crippen LogP contribution in [0.15, 0.2) is 24.3 Å². The standard InChI is InChI=1S/C50H61N3O9/c1-9-11-33-23-32(3)43(45-36(54)27-49(28-37(45)55)14-18-52(19-15-49)42(58)31-60-7)41(26-33)62-22-13-35-24-34(12-10-2)25-40(61-8)44(35)46-38(56)29-50(30-39(46)57)16-20-53(21-17-50)47(59)51-48(4,5)6/h23-26,45-46H,13-22,27-31H2,1-8H3,(H,51,59). The molecule has 2 saturated heterocycles. The number of ether oxygens (including phenoxy) is 3. The number of hydrogen-bond acceptors (Lipinski definition) is 9. The third-order valence-corrected chi connectivity index (χ3v) is 13.1. The minimum atomic E-state index is -1.04. The molecule has 0 atom stereocenters. The van der Waals surface area contributed by atoms with Crippen LogP contribution < -0.4 is 14.8 Å². The topological polar surface area (TPSA) is 149 Å². The van der Waals surface area contributed by atoms with Crippen molar-refractivity contribution in [1.82, 2.24) is 15.1 Å². The second-order valence-corrected chi connectivity index (χ2v) is 18.7. The maximum atomic E-state index is 14.3. The molecule has 2 aliphatic carbocycles. The maximum Gasteiger partial charge on any atom is 0.317 e. The Hall–Kier alpha value is -5.46. The van der Waals surface area contributed by atoms with Crippen LogP contribution in [0, 0.1) is 41.4 Å². The van der Waals surface area contributed by atoms with Crippen LogP contribution in [0.3, 0.4) is 0 Å². The number of benzene rings is 2. The van der Waals surface area contributed by atoms with Crippen molar-refractivity contribution in [2.75, 3.05) is 53.6 Å². The number of nitrogens with one attached hydrogen (secondary N) is 1. The van der Waals surface area contributed by atoms with E-state index in [-0.39, 0.29) is 85.9 Å². The van der Waals surface area contributed by atoms with Crippen molar-refractivity contribution < 1.29 is 43.0 Å². The molecule has 4 fully saturated rings. The monoisotopic (exact) mass is 847 g/mol. The highest BCUT2D eigenvalue weighted by Gasteiger charge is 2.50. The number of carbonyl (C=O) groups is 6. The number of aryl methyl sites for hydroxylation is 1. The van der Waals surface area contributed by atoms with Gasteiger partial charge in [0, 0.05) is 93.2 Å². The molecule has 6 rings (SSSR count). The number of hydrogen-bond donors (Lipinski definition) is 1. The van der Waals surface area contributed by atoms with Crippen LogP contribution in [0.25, 0.3) is 0 Å². The Bertz CT molecular complexity index is 2210. The van der Waals surface area contributed by atoms with E-state index in [1.54, 1.807) is 35.8 Å². The number of urea groups is 1. The Labute approximate surface area is 366 Å². The fraction of sp³-hybridized carbons (Fsp3) is 0.560. The molecule has 62 heavy (non-hydrogen) atoms. The van der Waals surface area contributed by atoms with Gasteiger partial charge in [0.25, 0.3) is 0 Å². The van der Waals surface area contributed by atoms with E-state index in [9.17, 15) is 28.8 Å². The molecular weight excluding hydrogens is 787 g/mol. The third-order valence-electron chi connectivity index (χ3n) is 13.1. The molecule has 12 heteroatoms. The van der Waals surface area contributed by atoms with Gasteiger partial charge in [-0.15, -0.1) is 11.8 Å². The van der Waals surface area contributed by atoms with Crippen molar-refractivity contribution >= 4 is 35.1 Å². The Morgan fingerprint density at radius 1 is 0.726 bits per heavy atom. The van der Waals surface area contributed by atoms with Crippen molar-refractivity contribution in [3.05, 3.63) is 57.6 Å². The maximum absolute atomic E-state index is 14.3. The molecule has 12 nitrogen and oxygen atoms in total. The number of rotatable bonds is 9. The van der Waals surface area contributed by atoms with Crippen LogP contribution in [0.4, 0.5) is 4.79 Å². The molecule has 3 amide bonds. The summed E-state index contributed by atoms with van der Waals surface area (Å²) < 4.78 is 17.5. The lowest BCUT2D eigenvalue weighted by molar-refractivity contribution is -0.142. The normalized spacial score (nSPS) is 20.0. The average molecular weight is 848 g/mol. The molecule has 0 bridgehead atoms. The molecule has 0 unspecified atom stereocenters. The number of amides is 3. The molecule has 1 N–H and O–H groups in total. The Kier molecular flexibility index (Phi) is 14.0. The molecule has 0 radical (unpaired) electrons. The van der Waals surface area contributed by atoms with E-state index < -0.39 is 22.7 Å². The zero-order valence-corrected chi connectivity index (χ0v) is 37.6. The van der Waals surface area contributed by atoms with E-state index in [0.717, 1.165) is 5.56 Å². The Balaban J connectivity index is 1.24. The predicted octanol–water partition coefficient (Wildman–Crippen LogP) is 6.24. The summed E-state index contributed by atoms with van der Waals surface area (Å²) in [5, 5.41) is 3.01. The van der Waals surface area contributed by atoms with Gasteiger partial charge in [-0.2, -0.15) is 0 Å². The van der Waals surface area contributed by atoms with Crippen LogP contribution in [-0.2, 0) is 35.1 Å². The van der Waals surface area contributed by atoms with E-state index in [1.807, 2.05) is 39.8 Å². The Morgan fingerprint density at radius 2 is 1.21 bits per heavy atom. The molecule has 2 saturated carbocycles. The second kappa shape index (κ2) is 18.9. The first-order valence-corrected chi connectivity index (χ1v) is 21.7. The van der Waals surface area contributed by atoms with Gasteiger partial charge in [-0.1, -0.05) is 11.8 Å². The number of nitrogens with zero attached hydrogens (tertiary/aromatic N) is 2. The minimum Gasteiger partial charge on any atom is -0.496 e. The van der Waals surface area contributed by atoms with Crippen molar-refractivity contribution in [3.8, 4) is 35.2 Å². The molecule has 2 aromatic carbocycles.